The number of rotatable bonds is 6. The Balaban J connectivity index is 2.35. The number of hydrogen-bond acceptors (Lipinski definition) is 6. The summed E-state index contributed by atoms with van der Waals surface area (Å²) in [5.41, 5.74) is 6.33. The third-order valence-electron chi connectivity index (χ3n) is 2.73. The fraction of sp³-hybridized carbons (Fsp3) is 0.357. The van der Waals surface area contributed by atoms with E-state index in [0.29, 0.717) is 24.8 Å². The predicted octanol–water partition coefficient (Wildman–Crippen LogP) is 2.54. The van der Waals surface area contributed by atoms with Crippen LogP contribution in [0.1, 0.15) is 20.3 Å². The van der Waals surface area contributed by atoms with Crippen molar-refractivity contribution in [3.8, 4) is 6.01 Å². The topological polar surface area (TPSA) is 77.2 Å². The number of aromatic nitrogens is 3. The van der Waals surface area contributed by atoms with Crippen LogP contribution in [0.3, 0.4) is 0 Å². The second kappa shape index (κ2) is 6.83. The minimum Gasteiger partial charge on any atom is -0.463 e. The minimum absolute atomic E-state index is 0.0703. The van der Waals surface area contributed by atoms with Gasteiger partial charge in [-0.1, -0.05) is 13.0 Å². The number of nitrogens with zero attached hydrogens (tertiary/aromatic N) is 4. The van der Waals surface area contributed by atoms with Crippen molar-refractivity contribution in [2.75, 3.05) is 23.8 Å². The number of anilines is 3. The molecule has 21 heavy (non-hydrogen) atoms. The van der Waals surface area contributed by atoms with Crippen molar-refractivity contribution in [1.82, 2.24) is 15.0 Å². The van der Waals surface area contributed by atoms with Gasteiger partial charge in [0.15, 0.2) is 0 Å². The molecule has 7 heteroatoms. The second-order valence-corrected chi connectivity index (χ2v) is 4.35. The van der Waals surface area contributed by atoms with Crippen molar-refractivity contribution < 1.29 is 9.13 Å². The molecule has 0 amide bonds. The highest BCUT2D eigenvalue weighted by Gasteiger charge is 2.14. The van der Waals surface area contributed by atoms with E-state index in [0.717, 1.165) is 6.42 Å². The monoisotopic (exact) mass is 291 g/mol. The average molecular weight is 291 g/mol. The lowest BCUT2D eigenvalue weighted by Crippen LogP contribution is -2.20. The van der Waals surface area contributed by atoms with E-state index in [1.807, 2.05) is 13.8 Å². The van der Waals surface area contributed by atoms with E-state index in [-0.39, 0.29) is 17.8 Å². The maximum absolute atomic E-state index is 13.4. The minimum atomic E-state index is -0.324. The maximum Gasteiger partial charge on any atom is 0.323 e. The van der Waals surface area contributed by atoms with Gasteiger partial charge in [0.2, 0.25) is 11.9 Å². The Labute approximate surface area is 122 Å². The van der Waals surface area contributed by atoms with Gasteiger partial charge in [0.1, 0.15) is 5.82 Å². The Morgan fingerprint density at radius 3 is 2.71 bits per heavy atom. The molecule has 0 saturated carbocycles. The summed E-state index contributed by atoms with van der Waals surface area (Å²) in [6.07, 6.45) is 0.836. The quantitative estimate of drug-likeness (QED) is 0.881. The Morgan fingerprint density at radius 2 is 2.05 bits per heavy atom. The molecule has 2 N–H and O–H groups in total. The first kappa shape index (κ1) is 15.0. The molecule has 1 heterocycles. The molecule has 0 aliphatic heterocycles. The first-order chi connectivity index (χ1) is 10.1. The van der Waals surface area contributed by atoms with Gasteiger partial charge in [-0.25, -0.2) is 4.39 Å². The Morgan fingerprint density at radius 1 is 1.24 bits per heavy atom. The van der Waals surface area contributed by atoms with Gasteiger partial charge < -0.3 is 15.4 Å². The fourth-order valence-corrected chi connectivity index (χ4v) is 1.82. The van der Waals surface area contributed by atoms with Gasteiger partial charge in [-0.05, 0) is 31.5 Å². The average Bonchev–Trinajstić information content (AvgIpc) is 2.45. The number of halogens is 1. The molecule has 0 atom stereocenters. The highest BCUT2D eigenvalue weighted by Crippen LogP contribution is 2.24. The van der Waals surface area contributed by atoms with Crippen LogP contribution < -0.4 is 15.4 Å². The van der Waals surface area contributed by atoms with Crippen molar-refractivity contribution in [2.45, 2.75) is 20.3 Å². The molecule has 1 aromatic carbocycles. The zero-order valence-corrected chi connectivity index (χ0v) is 12.1. The number of nitrogen functional groups attached to an aromatic ring is 1. The lowest BCUT2D eigenvalue weighted by atomic mass is 10.3. The molecular formula is C14H18FN5O. The van der Waals surface area contributed by atoms with E-state index >= 15 is 0 Å². The molecule has 0 radical (unpaired) electrons. The van der Waals surface area contributed by atoms with Crippen LogP contribution in [0.5, 0.6) is 6.01 Å². The van der Waals surface area contributed by atoms with E-state index in [9.17, 15) is 4.39 Å². The molecule has 0 aliphatic carbocycles. The third-order valence-corrected chi connectivity index (χ3v) is 2.73. The lowest BCUT2D eigenvalue weighted by molar-refractivity contribution is 0.292. The number of nitrogens with two attached hydrogens (primary N) is 1. The molecule has 6 nitrogen and oxygen atoms in total. The molecule has 0 unspecified atom stereocenters. The van der Waals surface area contributed by atoms with Crippen LogP contribution in [0.15, 0.2) is 24.3 Å². The number of benzene rings is 1. The smallest absolute Gasteiger partial charge is 0.323 e. The van der Waals surface area contributed by atoms with E-state index in [4.69, 9.17) is 10.5 Å². The molecule has 1 aromatic heterocycles. The molecule has 112 valence electrons. The van der Waals surface area contributed by atoms with E-state index < -0.39 is 0 Å². The Hall–Kier alpha value is -2.44. The van der Waals surface area contributed by atoms with E-state index in [1.165, 1.54) is 12.1 Å². The first-order valence-corrected chi connectivity index (χ1v) is 6.81. The molecule has 0 spiro atoms. The van der Waals surface area contributed by atoms with E-state index in [2.05, 4.69) is 15.0 Å². The summed E-state index contributed by atoms with van der Waals surface area (Å²) in [4.78, 5) is 14.0. The van der Waals surface area contributed by atoms with Crippen molar-refractivity contribution in [3.63, 3.8) is 0 Å². The van der Waals surface area contributed by atoms with Crippen LogP contribution >= 0.6 is 0 Å². The SMILES string of the molecule is CCCOc1nc(N)nc(N(CC)c2cccc(F)c2)n1. The lowest BCUT2D eigenvalue weighted by Gasteiger charge is -2.21. The number of hydrogen-bond donors (Lipinski definition) is 1. The normalized spacial score (nSPS) is 10.4. The molecule has 0 bridgehead atoms. The van der Waals surface area contributed by atoms with Crippen LogP contribution in [0, 0.1) is 5.82 Å². The maximum atomic E-state index is 13.4. The van der Waals surface area contributed by atoms with Gasteiger partial charge in [-0.3, -0.25) is 0 Å². The van der Waals surface area contributed by atoms with Crippen molar-refractivity contribution >= 4 is 17.6 Å². The van der Waals surface area contributed by atoms with Crippen LogP contribution in [0.25, 0.3) is 0 Å². The first-order valence-electron chi connectivity index (χ1n) is 6.81. The standard InChI is InChI=1S/C14H18FN5O/c1-3-8-21-14-18-12(16)17-13(19-14)20(4-2)11-7-5-6-10(15)9-11/h5-7,9H,3-4,8H2,1-2H3,(H2,16,17,18,19). The molecule has 0 fully saturated rings. The second-order valence-electron chi connectivity index (χ2n) is 4.35. The molecule has 0 aliphatic rings. The zero-order valence-electron chi connectivity index (χ0n) is 12.1. The van der Waals surface area contributed by atoms with Crippen LogP contribution in [0.2, 0.25) is 0 Å². The van der Waals surface area contributed by atoms with Gasteiger partial charge >= 0.3 is 6.01 Å². The van der Waals surface area contributed by atoms with E-state index in [1.54, 1.807) is 17.0 Å². The molecule has 2 rings (SSSR count). The largest absolute Gasteiger partial charge is 0.463 e. The van der Waals surface area contributed by atoms with Crippen molar-refractivity contribution in [1.29, 1.82) is 0 Å². The number of ether oxygens (including phenoxy) is 1. The fourth-order valence-electron chi connectivity index (χ4n) is 1.82. The summed E-state index contributed by atoms with van der Waals surface area (Å²) in [5, 5.41) is 0. The van der Waals surface area contributed by atoms with Crippen molar-refractivity contribution in [2.24, 2.45) is 0 Å². The Kier molecular flexibility index (Phi) is 4.86. The summed E-state index contributed by atoms with van der Waals surface area (Å²) < 4.78 is 18.8. The predicted molar refractivity (Wildman–Crippen MR) is 79.1 cm³/mol. The van der Waals surface area contributed by atoms with Crippen LogP contribution in [0.4, 0.5) is 22.0 Å². The summed E-state index contributed by atoms with van der Waals surface area (Å²) in [7, 11) is 0. The van der Waals surface area contributed by atoms with Gasteiger partial charge in [-0.2, -0.15) is 15.0 Å². The van der Waals surface area contributed by atoms with Gasteiger partial charge in [0.05, 0.1) is 6.61 Å². The third kappa shape index (κ3) is 3.77. The summed E-state index contributed by atoms with van der Waals surface area (Å²) >= 11 is 0. The molecular weight excluding hydrogens is 273 g/mol. The zero-order chi connectivity index (χ0) is 15.2. The van der Waals surface area contributed by atoms with Crippen LogP contribution in [-0.4, -0.2) is 28.1 Å². The molecule has 2 aromatic rings. The van der Waals surface area contributed by atoms with Gasteiger partial charge in [-0.15, -0.1) is 0 Å². The summed E-state index contributed by atoms with van der Waals surface area (Å²) in [5.74, 6) is 0.0816. The van der Waals surface area contributed by atoms with Gasteiger partial charge in [0.25, 0.3) is 0 Å². The van der Waals surface area contributed by atoms with Gasteiger partial charge in [0, 0.05) is 12.2 Å². The highest BCUT2D eigenvalue weighted by molar-refractivity contribution is 5.57. The molecule has 0 saturated heterocycles. The summed E-state index contributed by atoms with van der Waals surface area (Å²) in [6.45, 7) is 4.95. The highest BCUT2D eigenvalue weighted by atomic mass is 19.1. The summed E-state index contributed by atoms with van der Waals surface area (Å²) in [6, 6.07) is 6.38. The van der Waals surface area contributed by atoms with Crippen molar-refractivity contribution in [3.05, 3.63) is 30.1 Å². The Bertz CT molecular complexity index is 608. The van der Waals surface area contributed by atoms with Crippen LogP contribution in [-0.2, 0) is 0 Å².